The molecule has 82 valence electrons. The molecule has 2 rings (SSSR count). The molecule has 0 atom stereocenters. The monoisotopic (exact) mass is 217 g/mol. The molecular weight excluding hydrogens is 205 g/mol. The van der Waals surface area contributed by atoms with E-state index < -0.39 is 0 Å². The summed E-state index contributed by atoms with van der Waals surface area (Å²) in [6.07, 6.45) is 1.69. The van der Waals surface area contributed by atoms with Crippen LogP contribution in [0.4, 0.5) is 15.8 Å². The second-order valence-corrected chi connectivity index (χ2v) is 3.40. The molecule has 2 aromatic rings. The number of nitrogens with zero attached hydrogens (tertiary/aromatic N) is 1. The third-order valence-corrected chi connectivity index (χ3v) is 2.23. The maximum Gasteiger partial charge on any atom is 0.123 e. The van der Waals surface area contributed by atoms with Gasteiger partial charge in [0, 0.05) is 11.9 Å². The highest BCUT2D eigenvalue weighted by molar-refractivity contribution is 5.47. The van der Waals surface area contributed by atoms with E-state index in [4.69, 9.17) is 5.73 Å². The van der Waals surface area contributed by atoms with Crippen molar-refractivity contribution < 1.29 is 4.39 Å². The summed E-state index contributed by atoms with van der Waals surface area (Å²) < 4.78 is 12.7. The smallest absolute Gasteiger partial charge is 0.123 e. The summed E-state index contributed by atoms with van der Waals surface area (Å²) in [6, 6.07) is 9.75. The fraction of sp³-hybridized carbons (Fsp3) is 0.0833. The fourth-order valence-electron chi connectivity index (χ4n) is 1.35. The van der Waals surface area contributed by atoms with Crippen LogP contribution in [0, 0.1) is 5.82 Å². The number of hydrogen-bond donors (Lipinski definition) is 2. The number of rotatable bonds is 3. The van der Waals surface area contributed by atoms with Crippen molar-refractivity contribution in [3.05, 3.63) is 54.1 Å². The van der Waals surface area contributed by atoms with Crippen LogP contribution in [0.25, 0.3) is 0 Å². The van der Waals surface area contributed by atoms with Gasteiger partial charge in [0.1, 0.15) is 5.82 Å². The lowest BCUT2D eigenvalue weighted by molar-refractivity contribution is 0.628. The highest BCUT2D eigenvalue weighted by Crippen LogP contribution is 2.12. The van der Waals surface area contributed by atoms with Gasteiger partial charge < -0.3 is 11.1 Å². The zero-order valence-corrected chi connectivity index (χ0v) is 8.65. The minimum Gasteiger partial charge on any atom is -0.397 e. The summed E-state index contributed by atoms with van der Waals surface area (Å²) in [6.45, 7) is 0.526. The van der Waals surface area contributed by atoms with Gasteiger partial charge in [-0.1, -0.05) is 0 Å². The summed E-state index contributed by atoms with van der Waals surface area (Å²) in [4.78, 5) is 4.15. The lowest BCUT2D eigenvalue weighted by Gasteiger charge is -2.07. The van der Waals surface area contributed by atoms with Crippen LogP contribution < -0.4 is 11.1 Å². The zero-order valence-electron chi connectivity index (χ0n) is 8.65. The molecule has 0 aliphatic carbocycles. The zero-order chi connectivity index (χ0) is 11.4. The number of nitrogens with two attached hydrogens (primary N) is 1. The quantitative estimate of drug-likeness (QED) is 0.830. The number of halogens is 1. The highest BCUT2D eigenvalue weighted by Gasteiger charge is 1.99. The van der Waals surface area contributed by atoms with E-state index in [2.05, 4.69) is 10.3 Å². The largest absolute Gasteiger partial charge is 0.397 e. The van der Waals surface area contributed by atoms with Crippen LogP contribution in [-0.2, 0) is 6.54 Å². The Morgan fingerprint density at radius 2 is 1.94 bits per heavy atom. The Hall–Kier alpha value is -2.10. The Balaban J connectivity index is 2.02. The van der Waals surface area contributed by atoms with E-state index in [1.165, 1.54) is 12.1 Å². The van der Waals surface area contributed by atoms with E-state index in [0.29, 0.717) is 12.2 Å². The molecular formula is C12H12FN3. The Morgan fingerprint density at radius 3 is 2.62 bits per heavy atom. The maximum atomic E-state index is 12.7. The van der Waals surface area contributed by atoms with Crippen molar-refractivity contribution in [1.82, 2.24) is 4.98 Å². The van der Waals surface area contributed by atoms with Crippen molar-refractivity contribution in [3.8, 4) is 0 Å². The lowest BCUT2D eigenvalue weighted by atomic mass is 10.2. The van der Waals surface area contributed by atoms with Crippen molar-refractivity contribution in [2.75, 3.05) is 11.1 Å². The van der Waals surface area contributed by atoms with Gasteiger partial charge in [-0.15, -0.1) is 0 Å². The third-order valence-electron chi connectivity index (χ3n) is 2.23. The second kappa shape index (κ2) is 4.61. The molecule has 0 unspecified atom stereocenters. The molecule has 1 aromatic carbocycles. The van der Waals surface area contributed by atoms with Crippen LogP contribution in [0.5, 0.6) is 0 Å². The topological polar surface area (TPSA) is 50.9 Å². The molecule has 1 heterocycles. The molecule has 0 saturated heterocycles. The predicted molar refractivity (Wildman–Crippen MR) is 62.4 cm³/mol. The Kier molecular flexibility index (Phi) is 3.00. The molecule has 3 N–H and O–H groups in total. The third kappa shape index (κ3) is 2.48. The van der Waals surface area contributed by atoms with Crippen molar-refractivity contribution in [2.45, 2.75) is 6.54 Å². The number of nitrogens with one attached hydrogen (secondary N) is 1. The molecule has 0 aliphatic heterocycles. The van der Waals surface area contributed by atoms with Crippen LogP contribution in [0.3, 0.4) is 0 Å². The van der Waals surface area contributed by atoms with Crippen LogP contribution in [-0.4, -0.2) is 4.98 Å². The molecule has 16 heavy (non-hydrogen) atoms. The summed E-state index contributed by atoms with van der Waals surface area (Å²) in [5.74, 6) is -0.247. The van der Waals surface area contributed by atoms with E-state index in [-0.39, 0.29) is 5.82 Å². The van der Waals surface area contributed by atoms with E-state index in [1.54, 1.807) is 30.5 Å². The summed E-state index contributed by atoms with van der Waals surface area (Å²) in [5.41, 5.74) is 8.02. The highest BCUT2D eigenvalue weighted by atomic mass is 19.1. The molecule has 0 aliphatic rings. The lowest BCUT2D eigenvalue weighted by Crippen LogP contribution is -2.04. The standard InChI is InChI=1S/C12H12FN3/c13-9-3-5-10(6-4-9)16-8-12-11(14)2-1-7-15-12/h1-7,16H,8,14H2. The average Bonchev–Trinajstić information content (AvgIpc) is 2.30. The van der Waals surface area contributed by atoms with Gasteiger partial charge >= 0.3 is 0 Å². The SMILES string of the molecule is Nc1cccnc1CNc1ccc(F)cc1. The van der Waals surface area contributed by atoms with Crippen molar-refractivity contribution in [2.24, 2.45) is 0 Å². The molecule has 0 radical (unpaired) electrons. The summed E-state index contributed by atoms with van der Waals surface area (Å²) in [7, 11) is 0. The molecule has 0 amide bonds. The molecule has 0 fully saturated rings. The van der Waals surface area contributed by atoms with Gasteiger partial charge in [-0.3, -0.25) is 4.98 Å². The maximum absolute atomic E-state index is 12.7. The minimum atomic E-state index is -0.247. The summed E-state index contributed by atoms with van der Waals surface area (Å²) >= 11 is 0. The predicted octanol–water partition coefficient (Wildman–Crippen LogP) is 2.42. The van der Waals surface area contributed by atoms with E-state index >= 15 is 0 Å². The van der Waals surface area contributed by atoms with Gasteiger partial charge in [0.05, 0.1) is 17.9 Å². The number of nitrogen functional groups attached to an aromatic ring is 1. The number of benzene rings is 1. The van der Waals surface area contributed by atoms with Gasteiger partial charge in [0.2, 0.25) is 0 Å². The van der Waals surface area contributed by atoms with Crippen molar-refractivity contribution in [1.29, 1.82) is 0 Å². The van der Waals surface area contributed by atoms with Gasteiger partial charge in [-0.25, -0.2) is 4.39 Å². The molecule has 0 spiro atoms. The van der Waals surface area contributed by atoms with Gasteiger partial charge in [0.15, 0.2) is 0 Å². The van der Waals surface area contributed by atoms with Gasteiger partial charge in [-0.2, -0.15) is 0 Å². The van der Waals surface area contributed by atoms with Crippen molar-refractivity contribution in [3.63, 3.8) is 0 Å². The number of pyridine rings is 1. The first-order valence-electron chi connectivity index (χ1n) is 4.94. The van der Waals surface area contributed by atoms with Crippen LogP contribution in [0.2, 0.25) is 0 Å². The summed E-state index contributed by atoms with van der Waals surface area (Å²) in [5, 5.41) is 3.12. The normalized spacial score (nSPS) is 10.1. The van der Waals surface area contributed by atoms with Crippen LogP contribution >= 0.6 is 0 Å². The first-order chi connectivity index (χ1) is 7.75. The molecule has 3 nitrogen and oxygen atoms in total. The van der Waals surface area contributed by atoms with Gasteiger partial charge in [0.25, 0.3) is 0 Å². The first kappa shape index (κ1) is 10.4. The molecule has 1 aromatic heterocycles. The van der Waals surface area contributed by atoms with Crippen LogP contribution in [0.15, 0.2) is 42.6 Å². The Bertz CT molecular complexity index is 468. The Labute approximate surface area is 93.1 Å². The number of hydrogen-bond acceptors (Lipinski definition) is 3. The fourth-order valence-corrected chi connectivity index (χ4v) is 1.35. The van der Waals surface area contributed by atoms with E-state index in [9.17, 15) is 4.39 Å². The van der Waals surface area contributed by atoms with Crippen LogP contribution in [0.1, 0.15) is 5.69 Å². The first-order valence-corrected chi connectivity index (χ1v) is 4.94. The minimum absolute atomic E-state index is 0.247. The van der Waals surface area contributed by atoms with Crippen molar-refractivity contribution >= 4 is 11.4 Å². The Morgan fingerprint density at radius 1 is 1.19 bits per heavy atom. The molecule has 0 saturated carbocycles. The second-order valence-electron chi connectivity index (χ2n) is 3.40. The van der Waals surface area contributed by atoms with E-state index in [0.717, 1.165) is 11.4 Å². The average molecular weight is 217 g/mol. The molecule has 4 heteroatoms. The number of aromatic nitrogens is 1. The van der Waals surface area contributed by atoms with E-state index in [1.807, 2.05) is 0 Å². The number of anilines is 2. The molecule has 0 bridgehead atoms. The van der Waals surface area contributed by atoms with Gasteiger partial charge in [-0.05, 0) is 36.4 Å².